The first kappa shape index (κ1) is 13.1. The van der Waals surface area contributed by atoms with E-state index < -0.39 is 0 Å². The summed E-state index contributed by atoms with van der Waals surface area (Å²) in [5, 5.41) is 9.88. The normalized spacial score (nSPS) is 32.4. The first-order chi connectivity index (χ1) is 9.22. The van der Waals surface area contributed by atoms with Crippen LogP contribution in [-0.4, -0.2) is 54.7 Å². The summed E-state index contributed by atoms with van der Waals surface area (Å²) in [4.78, 5) is 4.93. The minimum absolute atomic E-state index is 0.154. The van der Waals surface area contributed by atoms with Crippen LogP contribution in [0.2, 0.25) is 0 Å². The SMILES string of the molecule is CN1CCC2(CO)CN(Cc3ccccc3)CC2C1. The molecule has 2 atom stereocenters. The molecular weight excluding hydrogens is 236 g/mol. The summed E-state index contributed by atoms with van der Waals surface area (Å²) < 4.78 is 0. The van der Waals surface area contributed by atoms with Gasteiger partial charge in [-0.05, 0) is 31.5 Å². The van der Waals surface area contributed by atoms with Crippen molar-refractivity contribution in [3.05, 3.63) is 35.9 Å². The Morgan fingerprint density at radius 3 is 2.79 bits per heavy atom. The van der Waals surface area contributed by atoms with E-state index >= 15 is 0 Å². The Morgan fingerprint density at radius 1 is 1.26 bits per heavy atom. The van der Waals surface area contributed by atoms with E-state index in [1.807, 2.05) is 0 Å². The number of fused-ring (bicyclic) bond motifs is 1. The van der Waals surface area contributed by atoms with Gasteiger partial charge < -0.3 is 10.0 Å². The fourth-order valence-corrected chi connectivity index (χ4v) is 3.78. The second kappa shape index (κ2) is 5.23. The van der Waals surface area contributed by atoms with Crippen molar-refractivity contribution in [3.63, 3.8) is 0 Å². The van der Waals surface area contributed by atoms with Gasteiger partial charge in [-0.15, -0.1) is 0 Å². The van der Waals surface area contributed by atoms with Crippen molar-refractivity contribution in [2.45, 2.75) is 13.0 Å². The standard InChI is InChI=1S/C16H24N2O/c1-17-8-7-16(13-19)12-18(11-15(16)10-17)9-14-5-3-2-4-6-14/h2-6,15,19H,7-13H2,1H3. The fourth-order valence-electron chi connectivity index (χ4n) is 3.78. The van der Waals surface area contributed by atoms with Crippen LogP contribution in [0.15, 0.2) is 30.3 Å². The largest absolute Gasteiger partial charge is 0.396 e. The van der Waals surface area contributed by atoms with E-state index in [0.29, 0.717) is 12.5 Å². The van der Waals surface area contributed by atoms with Crippen LogP contribution in [0.3, 0.4) is 0 Å². The maximum Gasteiger partial charge on any atom is 0.0503 e. The van der Waals surface area contributed by atoms with Crippen molar-refractivity contribution in [2.75, 3.05) is 39.8 Å². The van der Waals surface area contributed by atoms with E-state index in [-0.39, 0.29) is 5.41 Å². The molecule has 0 aliphatic carbocycles. The number of piperidine rings is 1. The Bertz CT molecular complexity index is 422. The molecule has 0 amide bonds. The summed E-state index contributed by atoms with van der Waals surface area (Å²) in [6.07, 6.45) is 1.13. The molecule has 1 N–H and O–H groups in total. The van der Waals surface area contributed by atoms with Gasteiger partial charge in [-0.25, -0.2) is 0 Å². The van der Waals surface area contributed by atoms with Gasteiger partial charge in [0.15, 0.2) is 0 Å². The molecule has 0 spiro atoms. The van der Waals surface area contributed by atoms with E-state index in [9.17, 15) is 5.11 Å². The molecule has 0 aromatic heterocycles. The van der Waals surface area contributed by atoms with Gasteiger partial charge in [0.05, 0.1) is 6.61 Å². The number of hydrogen-bond donors (Lipinski definition) is 1. The minimum Gasteiger partial charge on any atom is -0.396 e. The number of hydrogen-bond acceptors (Lipinski definition) is 3. The van der Waals surface area contributed by atoms with Crippen molar-refractivity contribution in [3.8, 4) is 0 Å². The third-order valence-electron chi connectivity index (χ3n) is 4.97. The third kappa shape index (κ3) is 2.55. The Balaban J connectivity index is 1.70. The summed E-state index contributed by atoms with van der Waals surface area (Å²) in [7, 11) is 2.20. The number of likely N-dealkylation sites (tertiary alicyclic amines) is 2. The quantitative estimate of drug-likeness (QED) is 0.891. The highest BCUT2D eigenvalue weighted by Crippen LogP contribution is 2.42. The lowest BCUT2D eigenvalue weighted by atomic mass is 9.73. The van der Waals surface area contributed by atoms with Crippen molar-refractivity contribution < 1.29 is 5.11 Å². The molecule has 2 heterocycles. The van der Waals surface area contributed by atoms with Crippen LogP contribution in [0.1, 0.15) is 12.0 Å². The molecule has 0 radical (unpaired) electrons. The first-order valence-corrected chi connectivity index (χ1v) is 7.27. The van der Waals surface area contributed by atoms with Crippen LogP contribution >= 0.6 is 0 Å². The van der Waals surface area contributed by atoms with E-state index in [1.54, 1.807) is 0 Å². The van der Waals surface area contributed by atoms with Gasteiger partial charge >= 0.3 is 0 Å². The molecule has 19 heavy (non-hydrogen) atoms. The Morgan fingerprint density at radius 2 is 2.05 bits per heavy atom. The van der Waals surface area contributed by atoms with Crippen molar-refractivity contribution in [1.29, 1.82) is 0 Å². The number of nitrogens with zero attached hydrogens (tertiary/aromatic N) is 2. The monoisotopic (exact) mass is 260 g/mol. The highest BCUT2D eigenvalue weighted by atomic mass is 16.3. The fraction of sp³-hybridized carbons (Fsp3) is 0.625. The summed E-state index contributed by atoms with van der Waals surface area (Å²) in [6.45, 7) is 5.79. The zero-order chi connectivity index (χ0) is 13.3. The molecular formula is C16H24N2O. The summed E-state index contributed by atoms with van der Waals surface area (Å²) in [5.74, 6) is 0.625. The van der Waals surface area contributed by atoms with Gasteiger partial charge in [0.1, 0.15) is 0 Å². The Hall–Kier alpha value is -0.900. The van der Waals surface area contributed by atoms with Gasteiger partial charge in [0.25, 0.3) is 0 Å². The Kier molecular flexibility index (Phi) is 3.61. The Labute approximate surface area is 115 Å². The molecule has 3 heteroatoms. The van der Waals surface area contributed by atoms with Gasteiger partial charge in [0.2, 0.25) is 0 Å². The number of benzene rings is 1. The average Bonchev–Trinajstić information content (AvgIpc) is 2.78. The lowest BCUT2D eigenvalue weighted by Gasteiger charge is -2.41. The van der Waals surface area contributed by atoms with Crippen molar-refractivity contribution in [1.82, 2.24) is 9.80 Å². The highest BCUT2D eigenvalue weighted by Gasteiger charge is 2.48. The number of rotatable bonds is 3. The highest BCUT2D eigenvalue weighted by molar-refractivity contribution is 5.15. The lowest BCUT2D eigenvalue weighted by molar-refractivity contribution is 0.0278. The van der Waals surface area contributed by atoms with Gasteiger partial charge in [-0.3, -0.25) is 4.90 Å². The number of aliphatic hydroxyl groups is 1. The van der Waals surface area contributed by atoms with Crippen LogP contribution in [-0.2, 0) is 6.54 Å². The molecule has 0 bridgehead atoms. The lowest BCUT2D eigenvalue weighted by Crippen LogP contribution is -2.47. The number of aliphatic hydroxyl groups excluding tert-OH is 1. The zero-order valence-corrected chi connectivity index (χ0v) is 11.8. The molecule has 2 aliphatic heterocycles. The molecule has 0 saturated carbocycles. The molecule has 2 unspecified atom stereocenters. The summed E-state index contributed by atoms with van der Waals surface area (Å²) >= 11 is 0. The maximum atomic E-state index is 9.88. The predicted octanol–water partition coefficient (Wildman–Crippen LogP) is 1.43. The third-order valence-corrected chi connectivity index (χ3v) is 4.97. The molecule has 3 rings (SSSR count). The molecule has 1 aromatic rings. The van der Waals surface area contributed by atoms with Crippen LogP contribution in [0.4, 0.5) is 0 Å². The van der Waals surface area contributed by atoms with Gasteiger partial charge in [-0.1, -0.05) is 30.3 Å². The van der Waals surface area contributed by atoms with Crippen LogP contribution < -0.4 is 0 Å². The van der Waals surface area contributed by atoms with Crippen molar-refractivity contribution >= 4 is 0 Å². The van der Waals surface area contributed by atoms with Gasteiger partial charge in [0, 0.05) is 31.6 Å². The van der Waals surface area contributed by atoms with E-state index in [4.69, 9.17) is 0 Å². The van der Waals surface area contributed by atoms with Gasteiger partial charge in [-0.2, -0.15) is 0 Å². The second-order valence-corrected chi connectivity index (χ2v) is 6.38. The molecule has 2 saturated heterocycles. The van der Waals surface area contributed by atoms with Crippen LogP contribution in [0.5, 0.6) is 0 Å². The molecule has 104 valence electrons. The zero-order valence-electron chi connectivity index (χ0n) is 11.8. The first-order valence-electron chi connectivity index (χ1n) is 7.27. The van der Waals surface area contributed by atoms with E-state index in [2.05, 4.69) is 47.2 Å². The summed E-state index contributed by atoms with van der Waals surface area (Å²) in [6, 6.07) is 10.7. The van der Waals surface area contributed by atoms with Crippen molar-refractivity contribution in [2.24, 2.45) is 11.3 Å². The van der Waals surface area contributed by atoms with E-state index in [0.717, 1.165) is 39.1 Å². The second-order valence-electron chi connectivity index (χ2n) is 6.38. The maximum absolute atomic E-state index is 9.88. The predicted molar refractivity (Wildman–Crippen MR) is 76.8 cm³/mol. The molecule has 2 fully saturated rings. The summed E-state index contributed by atoms with van der Waals surface area (Å²) in [5.41, 5.74) is 1.53. The minimum atomic E-state index is 0.154. The molecule has 1 aromatic carbocycles. The van der Waals surface area contributed by atoms with Crippen LogP contribution in [0.25, 0.3) is 0 Å². The average molecular weight is 260 g/mol. The molecule has 2 aliphatic rings. The topological polar surface area (TPSA) is 26.7 Å². The van der Waals surface area contributed by atoms with Crippen LogP contribution in [0, 0.1) is 11.3 Å². The smallest absolute Gasteiger partial charge is 0.0503 e. The molecule has 3 nitrogen and oxygen atoms in total. The van der Waals surface area contributed by atoms with E-state index in [1.165, 1.54) is 5.56 Å².